The third-order valence-electron chi connectivity index (χ3n) is 4.54. The summed E-state index contributed by atoms with van der Waals surface area (Å²) in [4.78, 5) is 27.1. The normalized spacial score (nSPS) is 18.2. The Kier molecular flexibility index (Phi) is 5.91. The number of amides is 2. The van der Waals surface area contributed by atoms with Gasteiger partial charge in [-0.1, -0.05) is 48.0 Å². The first-order valence-electron chi connectivity index (χ1n) is 8.69. The monoisotopic (exact) mass is 371 g/mol. The first kappa shape index (κ1) is 18.4. The molecule has 0 radical (unpaired) electrons. The highest BCUT2D eigenvalue weighted by Gasteiger charge is 2.32. The van der Waals surface area contributed by atoms with Gasteiger partial charge in [0.15, 0.2) is 0 Å². The standard InChI is InChI=1S/C20H22ClN3O2/c1-14(23-19(25)15-7-3-2-4-8-15)20(26)24-12-11-22-13-18(24)16-9-5-6-10-17(16)21/h2-10,14,18,22H,11-13H2,1H3,(H,23,25). The van der Waals surface area contributed by atoms with Gasteiger partial charge < -0.3 is 15.5 Å². The summed E-state index contributed by atoms with van der Waals surface area (Å²) in [6.07, 6.45) is 0. The molecule has 0 saturated carbocycles. The Morgan fingerprint density at radius 1 is 1.15 bits per heavy atom. The third-order valence-corrected chi connectivity index (χ3v) is 4.89. The highest BCUT2D eigenvalue weighted by Crippen LogP contribution is 2.28. The van der Waals surface area contributed by atoms with Gasteiger partial charge in [0, 0.05) is 30.2 Å². The molecule has 6 heteroatoms. The lowest BCUT2D eigenvalue weighted by molar-refractivity contribution is -0.136. The predicted molar refractivity (Wildman–Crippen MR) is 102 cm³/mol. The highest BCUT2D eigenvalue weighted by molar-refractivity contribution is 6.31. The minimum Gasteiger partial charge on any atom is -0.341 e. The van der Waals surface area contributed by atoms with Crippen LogP contribution in [0.4, 0.5) is 0 Å². The maximum absolute atomic E-state index is 13.0. The molecule has 0 spiro atoms. The van der Waals surface area contributed by atoms with Gasteiger partial charge in [-0.05, 0) is 30.7 Å². The summed E-state index contributed by atoms with van der Waals surface area (Å²) in [5.74, 6) is -0.364. The van der Waals surface area contributed by atoms with Gasteiger partial charge in [-0.2, -0.15) is 0 Å². The molecule has 2 N–H and O–H groups in total. The van der Waals surface area contributed by atoms with Gasteiger partial charge in [0.25, 0.3) is 5.91 Å². The first-order valence-corrected chi connectivity index (χ1v) is 9.07. The van der Waals surface area contributed by atoms with E-state index in [0.29, 0.717) is 30.2 Å². The molecule has 136 valence electrons. The quantitative estimate of drug-likeness (QED) is 0.868. The Bertz CT molecular complexity index is 782. The molecular formula is C20H22ClN3O2. The van der Waals surface area contributed by atoms with Crippen LogP contribution in [0.25, 0.3) is 0 Å². The summed E-state index contributed by atoms with van der Waals surface area (Å²) in [6, 6.07) is 15.7. The number of hydrogen-bond donors (Lipinski definition) is 2. The second-order valence-corrected chi connectivity index (χ2v) is 6.74. The number of hydrogen-bond acceptors (Lipinski definition) is 3. The topological polar surface area (TPSA) is 61.4 Å². The van der Waals surface area contributed by atoms with Crippen LogP contribution < -0.4 is 10.6 Å². The van der Waals surface area contributed by atoms with Crippen molar-refractivity contribution in [3.63, 3.8) is 0 Å². The van der Waals surface area contributed by atoms with E-state index in [1.54, 1.807) is 36.1 Å². The molecule has 1 aliphatic rings. The second kappa shape index (κ2) is 8.34. The maximum Gasteiger partial charge on any atom is 0.251 e. The molecule has 3 rings (SSSR count). The van der Waals surface area contributed by atoms with Gasteiger partial charge in [-0.3, -0.25) is 9.59 Å². The summed E-state index contributed by atoms with van der Waals surface area (Å²) in [7, 11) is 0. The van der Waals surface area contributed by atoms with Crippen LogP contribution in [0.5, 0.6) is 0 Å². The molecule has 1 aliphatic heterocycles. The number of halogens is 1. The van der Waals surface area contributed by atoms with Crippen LogP contribution in [0.15, 0.2) is 54.6 Å². The van der Waals surface area contributed by atoms with Gasteiger partial charge in [-0.25, -0.2) is 0 Å². The Morgan fingerprint density at radius 3 is 2.58 bits per heavy atom. The number of benzene rings is 2. The summed E-state index contributed by atoms with van der Waals surface area (Å²) < 4.78 is 0. The summed E-state index contributed by atoms with van der Waals surface area (Å²) in [5.41, 5.74) is 1.45. The molecule has 1 fully saturated rings. The van der Waals surface area contributed by atoms with E-state index in [2.05, 4.69) is 10.6 Å². The lowest BCUT2D eigenvalue weighted by atomic mass is 10.0. The molecule has 2 unspecified atom stereocenters. The van der Waals surface area contributed by atoms with Crippen LogP contribution in [0.1, 0.15) is 28.9 Å². The van der Waals surface area contributed by atoms with E-state index in [0.717, 1.165) is 5.56 Å². The fraction of sp³-hybridized carbons (Fsp3) is 0.300. The predicted octanol–water partition coefficient (Wildman–Crippen LogP) is 2.63. The third kappa shape index (κ3) is 4.06. The highest BCUT2D eigenvalue weighted by atomic mass is 35.5. The summed E-state index contributed by atoms with van der Waals surface area (Å²) >= 11 is 6.34. The molecule has 26 heavy (non-hydrogen) atoms. The fourth-order valence-corrected chi connectivity index (χ4v) is 3.43. The van der Waals surface area contributed by atoms with E-state index >= 15 is 0 Å². The Hall–Kier alpha value is -2.37. The molecule has 0 aromatic heterocycles. The Morgan fingerprint density at radius 2 is 1.85 bits per heavy atom. The lowest BCUT2D eigenvalue weighted by Gasteiger charge is -2.38. The van der Waals surface area contributed by atoms with E-state index < -0.39 is 6.04 Å². The van der Waals surface area contributed by atoms with Crippen LogP contribution in [0.2, 0.25) is 5.02 Å². The molecule has 2 atom stereocenters. The molecule has 1 saturated heterocycles. The zero-order valence-corrected chi connectivity index (χ0v) is 15.4. The van der Waals surface area contributed by atoms with Gasteiger partial charge in [0.2, 0.25) is 5.91 Å². The fourth-order valence-electron chi connectivity index (χ4n) is 3.17. The summed E-state index contributed by atoms with van der Waals surface area (Å²) in [6.45, 7) is 3.63. The van der Waals surface area contributed by atoms with E-state index in [9.17, 15) is 9.59 Å². The van der Waals surface area contributed by atoms with Crippen LogP contribution in [0.3, 0.4) is 0 Å². The second-order valence-electron chi connectivity index (χ2n) is 6.33. The lowest BCUT2D eigenvalue weighted by Crippen LogP contribution is -2.54. The van der Waals surface area contributed by atoms with Crippen molar-refractivity contribution in [2.45, 2.75) is 19.0 Å². The van der Waals surface area contributed by atoms with Crippen molar-refractivity contribution in [1.82, 2.24) is 15.5 Å². The largest absolute Gasteiger partial charge is 0.341 e. The van der Waals surface area contributed by atoms with Crippen molar-refractivity contribution in [3.05, 3.63) is 70.7 Å². The molecule has 2 aromatic rings. The zero-order chi connectivity index (χ0) is 18.5. The Labute approximate surface area is 158 Å². The van der Waals surface area contributed by atoms with Crippen molar-refractivity contribution < 1.29 is 9.59 Å². The minimum absolute atomic E-state index is 0.110. The first-order chi connectivity index (χ1) is 12.6. The van der Waals surface area contributed by atoms with E-state index in [1.165, 1.54) is 0 Å². The number of carbonyl (C=O) groups excluding carboxylic acids is 2. The summed E-state index contributed by atoms with van der Waals surface area (Å²) in [5, 5.41) is 6.75. The number of piperazine rings is 1. The SMILES string of the molecule is CC(NC(=O)c1ccccc1)C(=O)N1CCNCC1c1ccccc1Cl. The van der Waals surface area contributed by atoms with Gasteiger partial charge in [-0.15, -0.1) is 0 Å². The molecule has 2 amide bonds. The van der Waals surface area contributed by atoms with Crippen LogP contribution >= 0.6 is 11.6 Å². The molecule has 5 nitrogen and oxygen atoms in total. The maximum atomic E-state index is 13.0. The van der Waals surface area contributed by atoms with E-state index in [4.69, 9.17) is 11.6 Å². The molecule has 0 bridgehead atoms. The van der Waals surface area contributed by atoms with Crippen molar-refractivity contribution in [1.29, 1.82) is 0 Å². The average molecular weight is 372 g/mol. The van der Waals surface area contributed by atoms with E-state index in [1.807, 2.05) is 30.3 Å². The number of carbonyl (C=O) groups is 2. The van der Waals surface area contributed by atoms with Crippen LogP contribution in [-0.2, 0) is 4.79 Å². The molecular weight excluding hydrogens is 350 g/mol. The van der Waals surface area contributed by atoms with Crippen molar-refractivity contribution in [2.24, 2.45) is 0 Å². The molecule has 0 aliphatic carbocycles. The van der Waals surface area contributed by atoms with Gasteiger partial charge in [0.05, 0.1) is 6.04 Å². The van der Waals surface area contributed by atoms with E-state index in [-0.39, 0.29) is 17.9 Å². The van der Waals surface area contributed by atoms with Gasteiger partial charge in [0.1, 0.15) is 6.04 Å². The molecule has 1 heterocycles. The average Bonchev–Trinajstić information content (AvgIpc) is 2.68. The number of rotatable bonds is 4. The minimum atomic E-state index is -0.620. The zero-order valence-electron chi connectivity index (χ0n) is 14.6. The number of nitrogens with one attached hydrogen (secondary N) is 2. The van der Waals surface area contributed by atoms with Crippen molar-refractivity contribution >= 4 is 23.4 Å². The number of nitrogens with zero attached hydrogens (tertiary/aromatic N) is 1. The van der Waals surface area contributed by atoms with Crippen molar-refractivity contribution in [3.8, 4) is 0 Å². The Balaban J connectivity index is 1.74. The smallest absolute Gasteiger partial charge is 0.251 e. The van der Waals surface area contributed by atoms with Gasteiger partial charge >= 0.3 is 0 Å². The van der Waals surface area contributed by atoms with Crippen LogP contribution in [-0.4, -0.2) is 42.4 Å². The molecule has 2 aromatic carbocycles. The van der Waals surface area contributed by atoms with Crippen LogP contribution in [0, 0.1) is 0 Å². The van der Waals surface area contributed by atoms with Crippen molar-refractivity contribution in [2.75, 3.05) is 19.6 Å².